The third-order valence-corrected chi connectivity index (χ3v) is 12.6. The van der Waals surface area contributed by atoms with E-state index >= 15 is 0 Å². The van der Waals surface area contributed by atoms with Gasteiger partial charge in [-0.2, -0.15) is 0 Å². The van der Waals surface area contributed by atoms with E-state index in [1.54, 1.807) is 26.3 Å². The highest BCUT2D eigenvalue weighted by molar-refractivity contribution is 5.87. The zero-order valence-electron chi connectivity index (χ0n) is 32.1. The predicted octanol–water partition coefficient (Wildman–Crippen LogP) is 6.70. The molecule has 0 aliphatic heterocycles. The van der Waals surface area contributed by atoms with Crippen molar-refractivity contribution in [3.05, 3.63) is 0 Å². The summed E-state index contributed by atoms with van der Waals surface area (Å²) in [5.41, 5.74) is 2.26. The maximum Gasteiger partial charge on any atom is 0.310 e. The monoisotopic (exact) mass is 717 g/mol. The number of hydroxylamine groups is 1. The maximum atomic E-state index is 12.4. The largest absolute Gasteiger partial charge is 0.466 e. The van der Waals surface area contributed by atoms with Gasteiger partial charge in [0, 0.05) is 17.8 Å². The first kappa shape index (κ1) is 40.9. The van der Waals surface area contributed by atoms with Crippen LogP contribution in [-0.2, 0) is 43.0 Å². The number of hydrogen-bond acceptors (Lipinski definition) is 10. The zero-order chi connectivity index (χ0) is 37.8. The molecular weight excluding hydrogens is 654 g/mol. The quantitative estimate of drug-likeness (QED) is 0.120. The van der Waals surface area contributed by atoms with Crippen molar-refractivity contribution < 1.29 is 48.2 Å². The van der Waals surface area contributed by atoms with Crippen molar-refractivity contribution in [1.82, 2.24) is 5.48 Å². The Kier molecular flexibility index (Phi) is 13.2. The lowest BCUT2D eigenvalue weighted by atomic mass is 9.70. The lowest BCUT2D eigenvalue weighted by Gasteiger charge is -2.35. The van der Waals surface area contributed by atoms with Crippen LogP contribution in [-0.4, -0.2) is 59.4 Å². The number of nitrogens with one attached hydrogen (secondary N) is 1. The topological polar surface area (TPSA) is 162 Å². The molecule has 6 fully saturated rings. The number of amides is 1. The van der Waals surface area contributed by atoms with Crippen molar-refractivity contribution in [3.63, 3.8) is 0 Å². The molecule has 6 atom stereocenters. The molecule has 0 aromatic heterocycles. The molecule has 0 aromatic rings. The van der Waals surface area contributed by atoms with Crippen molar-refractivity contribution in [2.75, 3.05) is 13.2 Å². The molecule has 6 saturated carbocycles. The molecule has 11 heteroatoms. The fourth-order valence-electron chi connectivity index (χ4n) is 8.95. The molecule has 0 heterocycles. The Morgan fingerprint density at radius 2 is 0.922 bits per heavy atom. The minimum atomic E-state index is -0.509. The van der Waals surface area contributed by atoms with E-state index in [-0.39, 0.29) is 65.0 Å². The Labute approximate surface area is 304 Å². The molecule has 0 unspecified atom stereocenters. The smallest absolute Gasteiger partial charge is 0.310 e. The summed E-state index contributed by atoms with van der Waals surface area (Å²) < 4.78 is 15.7. The average molecular weight is 718 g/mol. The minimum Gasteiger partial charge on any atom is -0.466 e. The Hall–Kier alpha value is -2.82. The summed E-state index contributed by atoms with van der Waals surface area (Å²) in [6.45, 7) is 13.1. The highest BCUT2D eigenvalue weighted by Gasteiger charge is 2.54. The van der Waals surface area contributed by atoms with Crippen molar-refractivity contribution in [3.8, 4) is 0 Å². The van der Waals surface area contributed by atoms with Gasteiger partial charge in [-0.1, -0.05) is 0 Å². The molecule has 6 aliphatic carbocycles. The van der Waals surface area contributed by atoms with Crippen LogP contribution in [0.4, 0.5) is 0 Å². The Morgan fingerprint density at radius 1 is 0.569 bits per heavy atom. The molecule has 6 aliphatic rings. The summed E-state index contributed by atoms with van der Waals surface area (Å²) in [5, 5.41) is 8.62. The van der Waals surface area contributed by atoms with E-state index in [0.717, 1.165) is 57.8 Å². The lowest BCUT2D eigenvalue weighted by Crippen LogP contribution is -2.40. The second kappa shape index (κ2) is 16.5. The van der Waals surface area contributed by atoms with Gasteiger partial charge in [0.05, 0.1) is 31.0 Å². The van der Waals surface area contributed by atoms with E-state index in [1.165, 1.54) is 38.5 Å². The number of carbonyl (C=O) groups is 6. The highest BCUT2D eigenvalue weighted by Crippen LogP contribution is 2.61. The predicted molar refractivity (Wildman–Crippen MR) is 188 cm³/mol. The summed E-state index contributed by atoms with van der Waals surface area (Å²) >= 11 is 0. The van der Waals surface area contributed by atoms with Crippen LogP contribution < -0.4 is 5.48 Å². The number of hydrogen-bond donors (Lipinski definition) is 2. The van der Waals surface area contributed by atoms with E-state index in [0.29, 0.717) is 29.5 Å². The van der Waals surface area contributed by atoms with E-state index in [9.17, 15) is 28.8 Å². The number of ketones is 2. The number of carbonyl (C=O) groups excluding carboxylic acids is 6. The van der Waals surface area contributed by atoms with Crippen molar-refractivity contribution in [1.29, 1.82) is 0 Å². The number of Topliss-reactive ketones (excluding diaryl/α,β-unsaturated/α-hetero) is 2. The van der Waals surface area contributed by atoms with Gasteiger partial charge in [-0.3, -0.25) is 34.0 Å². The van der Waals surface area contributed by atoms with Crippen LogP contribution in [0, 0.1) is 51.8 Å². The standard InChI is InChI=1S/C16H26O4.C13H20O3.C11H17NO3/c1-5-19-13(17)11-6-7-16(8-9-16)10-12(11)14(18)20-15(2,3)4;1-3-16-12(15)10-4-5-13(6-7-13)8-11(10)9(2)14;1-7(13)9-6-11(4-5-11)3-2-8(9)10(14)12-15/h11-12H,5-10H2,1-4H3;10-11H,3-8H2,1-2H3;8-9,15H,2-6H2,1H3,(H,12,14)/t11-,12-;10-,11+;8-,9+/m000/s1. The molecule has 288 valence electrons. The molecule has 51 heavy (non-hydrogen) atoms. The van der Waals surface area contributed by atoms with Crippen LogP contribution in [0.25, 0.3) is 0 Å². The summed E-state index contributed by atoms with van der Waals surface area (Å²) in [4.78, 5) is 70.8. The molecule has 11 nitrogen and oxygen atoms in total. The third kappa shape index (κ3) is 10.9. The van der Waals surface area contributed by atoms with Crippen LogP contribution in [0.5, 0.6) is 0 Å². The Bertz CT molecular complexity index is 1300. The molecule has 2 N–H and O–H groups in total. The van der Waals surface area contributed by atoms with Gasteiger partial charge < -0.3 is 14.2 Å². The van der Waals surface area contributed by atoms with E-state index < -0.39 is 11.5 Å². The molecule has 0 radical (unpaired) electrons. The fraction of sp³-hybridized carbons (Fsp3) is 0.850. The van der Waals surface area contributed by atoms with Crippen LogP contribution in [0.3, 0.4) is 0 Å². The van der Waals surface area contributed by atoms with E-state index in [4.69, 9.17) is 19.4 Å². The summed E-state index contributed by atoms with van der Waals surface area (Å²) in [6, 6.07) is 0. The second-order valence-electron chi connectivity index (χ2n) is 17.6. The number of ether oxygens (including phenoxy) is 3. The molecular formula is C40H63NO10. The first-order chi connectivity index (χ1) is 23.9. The minimum absolute atomic E-state index is 0.0783. The van der Waals surface area contributed by atoms with Crippen molar-refractivity contribution in [2.24, 2.45) is 51.8 Å². The normalized spacial score (nSPS) is 30.3. The molecule has 1 amide bonds. The van der Waals surface area contributed by atoms with Crippen LogP contribution in [0.15, 0.2) is 0 Å². The van der Waals surface area contributed by atoms with Gasteiger partial charge in [0.2, 0.25) is 5.91 Å². The third-order valence-electron chi connectivity index (χ3n) is 12.6. The van der Waals surface area contributed by atoms with Crippen LogP contribution >= 0.6 is 0 Å². The fourth-order valence-corrected chi connectivity index (χ4v) is 8.95. The number of esters is 3. The first-order valence-corrected chi connectivity index (χ1v) is 19.4. The maximum absolute atomic E-state index is 12.4. The van der Waals surface area contributed by atoms with Crippen LogP contribution in [0.2, 0.25) is 0 Å². The molecule has 6 rings (SSSR count). The van der Waals surface area contributed by atoms with Gasteiger partial charge in [0.1, 0.15) is 17.2 Å². The Morgan fingerprint density at radius 3 is 1.25 bits per heavy atom. The van der Waals surface area contributed by atoms with Crippen molar-refractivity contribution >= 4 is 35.4 Å². The summed E-state index contributed by atoms with van der Waals surface area (Å²) in [7, 11) is 0. The van der Waals surface area contributed by atoms with E-state index in [2.05, 4.69) is 0 Å². The summed E-state index contributed by atoms with van der Waals surface area (Å²) in [5.74, 6) is -2.23. The molecule has 0 aromatic carbocycles. The molecule has 3 spiro atoms. The van der Waals surface area contributed by atoms with Crippen molar-refractivity contribution in [2.45, 2.75) is 150 Å². The van der Waals surface area contributed by atoms with Gasteiger partial charge in [0.15, 0.2) is 0 Å². The Balaban J connectivity index is 0.000000174. The van der Waals surface area contributed by atoms with Gasteiger partial charge in [0.25, 0.3) is 0 Å². The lowest BCUT2D eigenvalue weighted by molar-refractivity contribution is -0.171. The van der Waals surface area contributed by atoms with Gasteiger partial charge in [-0.25, -0.2) is 5.48 Å². The summed E-state index contributed by atoms with van der Waals surface area (Å²) in [6.07, 6.45) is 15.3. The van der Waals surface area contributed by atoms with Crippen LogP contribution in [0.1, 0.15) is 145 Å². The highest BCUT2D eigenvalue weighted by atomic mass is 16.6. The number of rotatable bonds is 8. The SMILES string of the molecule is CC(=O)[C@H]1CC2(CC[C@@H]1C(=O)NO)CC2.CCOC(=O)[C@H]1CCC2(CC2)C[C@@H]1C(=O)OC(C)(C)C.CCOC(=O)[C@H]1CCC2(CC2)C[C@@H]1C(C)=O. The molecule has 0 bridgehead atoms. The second-order valence-corrected chi connectivity index (χ2v) is 17.6. The molecule has 0 saturated heterocycles. The van der Waals surface area contributed by atoms with Gasteiger partial charge >= 0.3 is 17.9 Å². The van der Waals surface area contributed by atoms with Gasteiger partial charge in [-0.05, 0) is 161 Å². The first-order valence-electron chi connectivity index (χ1n) is 19.4. The average Bonchev–Trinajstić information content (AvgIpc) is 4.02. The zero-order valence-corrected chi connectivity index (χ0v) is 32.1. The van der Waals surface area contributed by atoms with Gasteiger partial charge in [-0.15, -0.1) is 0 Å². The van der Waals surface area contributed by atoms with E-state index in [1.807, 2.05) is 27.7 Å².